The molecule has 11 heteroatoms. The number of aliphatic imine (C=N–C) groups is 1. The minimum Gasteiger partial charge on any atom is -0.494 e. The normalized spacial score (nSPS) is 20.4. The number of benzene rings is 1. The average molecular weight is 451 g/mol. The molecule has 1 aromatic rings. The molecule has 2 saturated heterocycles. The lowest BCUT2D eigenvalue weighted by atomic mass is 10.1. The first-order chi connectivity index (χ1) is 15.0. The van der Waals surface area contributed by atoms with E-state index in [0.29, 0.717) is 42.0 Å². The zero-order valence-electron chi connectivity index (χ0n) is 17.8. The summed E-state index contributed by atoms with van der Waals surface area (Å²) in [7, 11) is 3.61. The summed E-state index contributed by atoms with van der Waals surface area (Å²) in [6, 6.07) is 3.31. The maximum absolute atomic E-state index is 11.9. The third-order valence-electron chi connectivity index (χ3n) is 5.79. The number of amidine groups is 1. The van der Waals surface area contributed by atoms with E-state index in [0.717, 1.165) is 45.1 Å². The number of methoxy groups -OCH3 is 1. The monoisotopic (exact) mass is 450 g/mol. The van der Waals surface area contributed by atoms with Gasteiger partial charge in [0.05, 0.1) is 36.0 Å². The first-order valence-electron chi connectivity index (χ1n) is 10.3. The maximum Gasteiger partial charge on any atom is 0.294 e. The smallest absolute Gasteiger partial charge is 0.294 e. The van der Waals surface area contributed by atoms with Gasteiger partial charge in [-0.25, -0.2) is 4.99 Å². The largest absolute Gasteiger partial charge is 0.494 e. The molecule has 0 radical (unpaired) electrons. The number of hydrogen-bond acceptors (Lipinski definition) is 9. The predicted octanol–water partition coefficient (Wildman–Crippen LogP) is 1.94. The summed E-state index contributed by atoms with van der Waals surface area (Å²) < 4.78 is 11.0. The summed E-state index contributed by atoms with van der Waals surface area (Å²) in [5, 5.41) is 12.4. The molecule has 3 aliphatic rings. The second kappa shape index (κ2) is 9.29. The molecule has 0 spiro atoms. The van der Waals surface area contributed by atoms with Crippen LogP contribution < -0.4 is 14.5 Å². The van der Waals surface area contributed by atoms with Crippen LogP contribution in [0.2, 0.25) is 0 Å². The molecular formula is C20H27ClN6O4. The summed E-state index contributed by atoms with van der Waals surface area (Å²) in [6.07, 6.45) is 1.76. The number of morpholine rings is 1. The molecule has 31 heavy (non-hydrogen) atoms. The molecule has 1 aromatic carbocycles. The van der Waals surface area contributed by atoms with Crippen molar-refractivity contribution in [3.63, 3.8) is 0 Å². The van der Waals surface area contributed by atoms with Crippen LogP contribution in [0.5, 0.6) is 5.75 Å². The van der Waals surface area contributed by atoms with Crippen molar-refractivity contribution in [2.45, 2.75) is 0 Å². The Kier molecular flexibility index (Phi) is 6.49. The molecule has 0 amide bonds. The number of nitro groups is 1. The van der Waals surface area contributed by atoms with Gasteiger partial charge in [0.15, 0.2) is 0 Å². The van der Waals surface area contributed by atoms with Crippen LogP contribution in [0, 0.1) is 10.1 Å². The van der Waals surface area contributed by atoms with E-state index in [1.165, 1.54) is 0 Å². The molecule has 3 heterocycles. The van der Waals surface area contributed by atoms with Gasteiger partial charge in [-0.1, -0.05) is 11.6 Å². The lowest BCUT2D eigenvalue weighted by Crippen LogP contribution is -2.44. The Morgan fingerprint density at radius 1 is 1.10 bits per heavy atom. The Bertz CT molecular complexity index is 894. The molecule has 3 aliphatic heterocycles. The highest BCUT2D eigenvalue weighted by molar-refractivity contribution is 6.43. The Balaban J connectivity index is 1.63. The van der Waals surface area contributed by atoms with Gasteiger partial charge in [0.2, 0.25) is 0 Å². The van der Waals surface area contributed by atoms with Crippen LogP contribution >= 0.6 is 11.6 Å². The van der Waals surface area contributed by atoms with Gasteiger partial charge in [-0.05, 0) is 7.05 Å². The van der Waals surface area contributed by atoms with Crippen LogP contribution in [0.4, 0.5) is 17.1 Å². The summed E-state index contributed by atoms with van der Waals surface area (Å²) in [5.74, 6) is 1.27. The second-order valence-corrected chi connectivity index (χ2v) is 8.14. The van der Waals surface area contributed by atoms with E-state index < -0.39 is 0 Å². The SMILES string of the molecule is COc1cc(N2CCN(C)CC2)c([N+](=O)[O-])cc1N1C=C(Cl)C(N2CCOCC2)=NC1. The van der Waals surface area contributed by atoms with E-state index in [9.17, 15) is 10.1 Å². The molecule has 0 saturated carbocycles. The third kappa shape index (κ3) is 4.56. The van der Waals surface area contributed by atoms with Gasteiger partial charge in [-0.2, -0.15) is 0 Å². The van der Waals surface area contributed by atoms with E-state index in [4.69, 9.17) is 21.1 Å². The fraction of sp³-hybridized carbons (Fsp3) is 0.550. The molecule has 168 valence electrons. The molecular weight excluding hydrogens is 424 g/mol. The Morgan fingerprint density at radius 2 is 1.81 bits per heavy atom. The highest BCUT2D eigenvalue weighted by atomic mass is 35.5. The van der Waals surface area contributed by atoms with Crippen LogP contribution in [0.1, 0.15) is 0 Å². The predicted molar refractivity (Wildman–Crippen MR) is 120 cm³/mol. The molecule has 0 atom stereocenters. The van der Waals surface area contributed by atoms with Gasteiger partial charge < -0.3 is 29.1 Å². The van der Waals surface area contributed by atoms with Gasteiger partial charge in [0, 0.05) is 57.6 Å². The Labute approximate surface area is 186 Å². The van der Waals surface area contributed by atoms with Crippen LogP contribution in [-0.4, -0.2) is 93.9 Å². The molecule has 10 nitrogen and oxygen atoms in total. The number of halogens is 1. The molecule has 0 unspecified atom stereocenters. The van der Waals surface area contributed by atoms with Crippen molar-refractivity contribution in [3.05, 3.63) is 33.5 Å². The van der Waals surface area contributed by atoms with Gasteiger partial charge in [-0.3, -0.25) is 10.1 Å². The van der Waals surface area contributed by atoms with E-state index in [1.54, 1.807) is 30.3 Å². The third-order valence-corrected chi connectivity index (χ3v) is 6.06. The van der Waals surface area contributed by atoms with Gasteiger partial charge in [0.25, 0.3) is 5.69 Å². The lowest BCUT2D eigenvalue weighted by molar-refractivity contribution is -0.384. The minimum atomic E-state index is -0.339. The zero-order valence-corrected chi connectivity index (χ0v) is 18.5. The second-order valence-electron chi connectivity index (χ2n) is 7.73. The Hall–Kier alpha value is -2.56. The topological polar surface area (TPSA) is 86.9 Å². The van der Waals surface area contributed by atoms with Crippen molar-refractivity contribution in [3.8, 4) is 5.75 Å². The summed E-state index contributed by atoms with van der Waals surface area (Å²) in [4.78, 5) is 24.3. The van der Waals surface area contributed by atoms with E-state index >= 15 is 0 Å². The van der Waals surface area contributed by atoms with Crippen LogP contribution in [0.3, 0.4) is 0 Å². The molecule has 0 N–H and O–H groups in total. The number of nitrogens with zero attached hydrogens (tertiary/aromatic N) is 6. The number of hydrogen-bond donors (Lipinski definition) is 0. The maximum atomic E-state index is 11.9. The first kappa shape index (κ1) is 21.7. The van der Waals surface area contributed by atoms with Crippen molar-refractivity contribution in [2.75, 3.05) is 83.1 Å². The van der Waals surface area contributed by atoms with Crippen molar-refractivity contribution in [1.29, 1.82) is 0 Å². The summed E-state index contributed by atoms with van der Waals surface area (Å²) >= 11 is 6.54. The molecule has 0 aromatic heterocycles. The minimum absolute atomic E-state index is 0.0489. The molecule has 0 aliphatic carbocycles. The highest BCUT2D eigenvalue weighted by Gasteiger charge is 2.29. The fourth-order valence-corrected chi connectivity index (χ4v) is 4.30. The molecule has 0 bridgehead atoms. The quantitative estimate of drug-likeness (QED) is 0.508. The fourth-order valence-electron chi connectivity index (χ4n) is 4.01. The number of anilines is 2. The average Bonchev–Trinajstić information content (AvgIpc) is 2.79. The summed E-state index contributed by atoms with van der Waals surface area (Å²) in [5.41, 5.74) is 1.19. The van der Waals surface area contributed by atoms with Crippen LogP contribution in [0.15, 0.2) is 28.4 Å². The molecule has 4 rings (SSSR count). The molecule has 2 fully saturated rings. The van der Waals surface area contributed by atoms with Gasteiger partial charge >= 0.3 is 0 Å². The lowest BCUT2D eigenvalue weighted by Gasteiger charge is -2.35. The standard InChI is InChI=1S/C20H27ClN6O4/c1-23-3-5-24(6-4-23)16-12-19(30-2)18(11-17(16)27(28)29)26-13-15(21)20(22-14-26)25-7-9-31-10-8-25/h11-13H,3-10,14H2,1-2H3. The van der Waals surface area contributed by atoms with Gasteiger partial charge in [-0.15, -0.1) is 0 Å². The van der Waals surface area contributed by atoms with Crippen molar-refractivity contribution >= 4 is 34.5 Å². The van der Waals surface area contributed by atoms with Crippen LogP contribution in [0.25, 0.3) is 0 Å². The van der Waals surface area contributed by atoms with Crippen molar-refractivity contribution in [2.24, 2.45) is 4.99 Å². The van der Waals surface area contributed by atoms with Crippen molar-refractivity contribution in [1.82, 2.24) is 9.80 Å². The highest BCUT2D eigenvalue weighted by Crippen LogP contribution is 2.41. The number of rotatable bonds is 4. The summed E-state index contributed by atoms with van der Waals surface area (Å²) in [6.45, 7) is 6.20. The zero-order chi connectivity index (χ0) is 22.0. The van der Waals surface area contributed by atoms with Gasteiger partial charge in [0.1, 0.15) is 23.9 Å². The van der Waals surface area contributed by atoms with E-state index in [2.05, 4.69) is 14.8 Å². The van der Waals surface area contributed by atoms with Crippen LogP contribution in [-0.2, 0) is 4.74 Å². The van der Waals surface area contributed by atoms with Crippen molar-refractivity contribution < 1.29 is 14.4 Å². The van der Waals surface area contributed by atoms with E-state index in [-0.39, 0.29) is 10.6 Å². The first-order valence-corrected chi connectivity index (χ1v) is 10.7. The Morgan fingerprint density at radius 3 is 2.42 bits per heavy atom. The number of piperazine rings is 1. The van der Waals surface area contributed by atoms with E-state index in [1.807, 2.05) is 11.9 Å². The number of nitro benzene ring substituents is 1. The number of ether oxygens (including phenoxy) is 2. The number of likely N-dealkylation sites (N-methyl/N-ethyl adjacent to an activating group) is 1.